The Morgan fingerprint density at radius 2 is 1.78 bits per heavy atom. The summed E-state index contributed by atoms with van der Waals surface area (Å²) in [5.74, 6) is 0.640. The minimum atomic E-state index is -0.123. The van der Waals surface area contributed by atoms with Gasteiger partial charge in [-0.25, -0.2) is 4.98 Å². The molecule has 0 bridgehead atoms. The Morgan fingerprint density at radius 3 is 2.59 bits per heavy atom. The van der Waals surface area contributed by atoms with Crippen molar-refractivity contribution in [1.82, 2.24) is 19.5 Å². The topological polar surface area (TPSA) is 73.1 Å². The predicted molar refractivity (Wildman–Crippen MR) is 123 cm³/mol. The number of hydrogen-bond acceptors (Lipinski definition) is 6. The Bertz CT molecular complexity index is 1270. The molecule has 1 unspecified atom stereocenters. The van der Waals surface area contributed by atoms with E-state index in [1.807, 2.05) is 36.5 Å². The zero-order chi connectivity index (χ0) is 21.9. The van der Waals surface area contributed by atoms with Crippen LogP contribution in [0.3, 0.4) is 0 Å². The highest BCUT2D eigenvalue weighted by Gasteiger charge is 2.25. The van der Waals surface area contributed by atoms with Gasteiger partial charge < -0.3 is 9.64 Å². The van der Waals surface area contributed by atoms with E-state index in [4.69, 9.17) is 9.72 Å². The lowest BCUT2D eigenvalue weighted by Gasteiger charge is -2.34. The van der Waals surface area contributed by atoms with Crippen molar-refractivity contribution < 1.29 is 4.74 Å². The first-order valence-electron chi connectivity index (χ1n) is 10.5. The molecule has 0 saturated carbocycles. The van der Waals surface area contributed by atoms with E-state index in [-0.39, 0.29) is 11.7 Å². The van der Waals surface area contributed by atoms with Crippen LogP contribution in [0.15, 0.2) is 84.2 Å². The van der Waals surface area contributed by atoms with Gasteiger partial charge in [-0.2, -0.15) is 0 Å². The van der Waals surface area contributed by atoms with E-state index in [9.17, 15) is 4.79 Å². The monoisotopic (exact) mass is 425 g/mol. The van der Waals surface area contributed by atoms with Gasteiger partial charge in [-0.05, 0) is 41.0 Å². The summed E-state index contributed by atoms with van der Waals surface area (Å²) in [6, 6.07) is 17.6. The molecule has 7 heteroatoms. The maximum absolute atomic E-state index is 12.7. The normalized spacial score (nSPS) is 16.2. The van der Waals surface area contributed by atoms with E-state index in [1.54, 1.807) is 36.3 Å². The van der Waals surface area contributed by atoms with E-state index in [2.05, 4.69) is 33.1 Å². The Morgan fingerprint density at radius 1 is 0.938 bits per heavy atom. The number of aromatic nitrogens is 4. The molecule has 1 saturated heterocycles. The third-order valence-electron chi connectivity index (χ3n) is 5.69. The number of rotatable bonds is 4. The fourth-order valence-corrected chi connectivity index (χ4v) is 3.97. The van der Waals surface area contributed by atoms with Crippen LogP contribution in [-0.2, 0) is 11.8 Å². The predicted octanol–water partition coefficient (Wildman–Crippen LogP) is 3.48. The van der Waals surface area contributed by atoms with Crippen LogP contribution in [-0.4, -0.2) is 39.2 Å². The molecule has 4 heterocycles. The van der Waals surface area contributed by atoms with Crippen LogP contribution < -0.4 is 10.5 Å². The van der Waals surface area contributed by atoms with Gasteiger partial charge in [0.05, 0.1) is 18.8 Å². The first kappa shape index (κ1) is 20.1. The number of nitrogens with zero attached hydrogens (tertiary/aromatic N) is 5. The van der Waals surface area contributed by atoms with Crippen molar-refractivity contribution in [1.29, 1.82) is 0 Å². The first-order chi connectivity index (χ1) is 15.7. The highest BCUT2D eigenvalue weighted by molar-refractivity contribution is 5.63. The van der Waals surface area contributed by atoms with Crippen molar-refractivity contribution >= 4 is 5.95 Å². The summed E-state index contributed by atoms with van der Waals surface area (Å²) in [4.78, 5) is 27.9. The van der Waals surface area contributed by atoms with Crippen molar-refractivity contribution in [3.63, 3.8) is 0 Å². The number of morpholine rings is 1. The summed E-state index contributed by atoms with van der Waals surface area (Å²) < 4.78 is 7.71. The molecule has 4 aromatic rings. The maximum atomic E-state index is 12.7. The van der Waals surface area contributed by atoms with Crippen molar-refractivity contribution in [2.45, 2.75) is 6.10 Å². The maximum Gasteiger partial charge on any atom is 0.255 e. The van der Waals surface area contributed by atoms with Gasteiger partial charge >= 0.3 is 0 Å². The summed E-state index contributed by atoms with van der Waals surface area (Å²) in [7, 11) is 1.76. The average Bonchev–Trinajstić information content (AvgIpc) is 2.87. The van der Waals surface area contributed by atoms with Crippen molar-refractivity contribution in [3.8, 4) is 22.4 Å². The van der Waals surface area contributed by atoms with Crippen molar-refractivity contribution in [2.24, 2.45) is 7.05 Å². The molecule has 160 valence electrons. The highest BCUT2D eigenvalue weighted by Crippen LogP contribution is 2.29. The molecule has 1 aliphatic heterocycles. The van der Waals surface area contributed by atoms with E-state index >= 15 is 0 Å². The molecule has 0 radical (unpaired) electrons. The standard InChI is InChI=1S/C25H23N5O2/c1-29-24(31)15-22(18-7-10-26-11-8-18)28-25(29)30-12-13-32-23(17-30)20-5-2-4-19(14-20)21-6-3-9-27-16-21/h2-11,14-16,23H,12-13,17H2,1H3. The molecule has 7 nitrogen and oxygen atoms in total. The molecule has 3 aromatic heterocycles. The van der Waals surface area contributed by atoms with Crippen LogP contribution in [0.4, 0.5) is 5.95 Å². The van der Waals surface area contributed by atoms with Gasteiger partial charge in [0.15, 0.2) is 0 Å². The number of pyridine rings is 2. The molecule has 5 rings (SSSR count). The zero-order valence-electron chi connectivity index (χ0n) is 17.8. The summed E-state index contributed by atoms with van der Waals surface area (Å²) in [5, 5.41) is 0. The summed E-state index contributed by atoms with van der Waals surface area (Å²) in [5.41, 5.74) is 4.67. The zero-order valence-corrected chi connectivity index (χ0v) is 17.8. The molecule has 0 amide bonds. The van der Waals surface area contributed by atoms with E-state index in [0.717, 1.165) is 22.3 Å². The Labute approximate surface area is 186 Å². The summed E-state index contributed by atoms with van der Waals surface area (Å²) in [6.07, 6.45) is 6.91. The minimum absolute atomic E-state index is 0.0940. The van der Waals surface area contributed by atoms with Crippen LogP contribution in [0.2, 0.25) is 0 Å². The van der Waals surface area contributed by atoms with E-state index < -0.39 is 0 Å². The highest BCUT2D eigenvalue weighted by atomic mass is 16.5. The molecular formula is C25H23N5O2. The Hall–Kier alpha value is -3.84. The molecule has 32 heavy (non-hydrogen) atoms. The lowest BCUT2D eigenvalue weighted by molar-refractivity contribution is 0.0390. The van der Waals surface area contributed by atoms with Gasteiger partial charge in [-0.15, -0.1) is 0 Å². The first-order valence-corrected chi connectivity index (χ1v) is 10.5. The van der Waals surface area contributed by atoms with Gasteiger partial charge in [0.2, 0.25) is 5.95 Å². The molecule has 1 aromatic carbocycles. The van der Waals surface area contributed by atoms with Gasteiger partial charge in [0.25, 0.3) is 5.56 Å². The summed E-state index contributed by atoms with van der Waals surface area (Å²) in [6.45, 7) is 1.83. The smallest absolute Gasteiger partial charge is 0.255 e. The fourth-order valence-electron chi connectivity index (χ4n) is 3.97. The van der Waals surface area contributed by atoms with Crippen LogP contribution >= 0.6 is 0 Å². The largest absolute Gasteiger partial charge is 0.370 e. The van der Waals surface area contributed by atoms with Gasteiger partial charge in [-0.1, -0.05) is 24.3 Å². The quantitative estimate of drug-likeness (QED) is 0.498. The molecule has 1 atom stereocenters. The van der Waals surface area contributed by atoms with Crippen LogP contribution in [0.1, 0.15) is 11.7 Å². The Balaban J connectivity index is 1.45. The van der Waals surface area contributed by atoms with Gasteiger partial charge in [0.1, 0.15) is 6.10 Å². The summed E-state index contributed by atoms with van der Waals surface area (Å²) >= 11 is 0. The fraction of sp³-hybridized carbons (Fsp3) is 0.200. The van der Waals surface area contributed by atoms with Crippen LogP contribution in [0.5, 0.6) is 0 Å². The lowest BCUT2D eigenvalue weighted by atomic mass is 10.0. The molecule has 0 aliphatic carbocycles. The average molecular weight is 425 g/mol. The second-order valence-corrected chi connectivity index (χ2v) is 7.75. The minimum Gasteiger partial charge on any atom is -0.370 e. The van der Waals surface area contributed by atoms with Crippen LogP contribution in [0, 0.1) is 0 Å². The van der Waals surface area contributed by atoms with Crippen molar-refractivity contribution in [2.75, 3.05) is 24.6 Å². The van der Waals surface area contributed by atoms with Gasteiger partial charge in [0, 0.05) is 50.0 Å². The van der Waals surface area contributed by atoms with E-state index in [0.29, 0.717) is 31.3 Å². The number of hydrogen-bond donors (Lipinski definition) is 0. The third-order valence-corrected chi connectivity index (χ3v) is 5.69. The van der Waals surface area contributed by atoms with Crippen molar-refractivity contribution in [3.05, 3.63) is 95.3 Å². The van der Waals surface area contributed by atoms with Crippen LogP contribution in [0.25, 0.3) is 22.4 Å². The van der Waals surface area contributed by atoms with Gasteiger partial charge in [-0.3, -0.25) is 19.3 Å². The van der Waals surface area contributed by atoms with E-state index in [1.165, 1.54) is 0 Å². The number of ether oxygens (including phenoxy) is 1. The second-order valence-electron chi connectivity index (χ2n) is 7.75. The molecule has 0 spiro atoms. The SMILES string of the molecule is Cn1c(N2CCOC(c3cccc(-c4cccnc4)c3)C2)nc(-c2ccncc2)cc1=O. The Kier molecular flexibility index (Phi) is 5.47. The second kappa shape index (κ2) is 8.72. The molecule has 0 N–H and O–H groups in total. The number of benzene rings is 1. The number of anilines is 1. The molecule has 1 fully saturated rings. The molecule has 1 aliphatic rings. The lowest BCUT2D eigenvalue weighted by Crippen LogP contribution is -2.41. The third kappa shape index (κ3) is 4.02. The molecular weight excluding hydrogens is 402 g/mol.